The summed E-state index contributed by atoms with van der Waals surface area (Å²) in [4.78, 5) is 35.3. The highest BCUT2D eigenvalue weighted by Crippen LogP contribution is 2.35. The van der Waals surface area contributed by atoms with Crippen molar-refractivity contribution in [1.82, 2.24) is 4.57 Å². The van der Waals surface area contributed by atoms with Gasteiger partial charge in [0, 0.05) is 24.3 Å². The predicted octanol–water partition coefficient (Wildman–Crippen LogP) is 4.79. The van der Waals surface area contributed by atoms with Gasteiger partial charge in [-0.05, 0) is 62.2 Å². The summed E-state index contributed by atoms with van der Waals surface area (Å²) in [5.74, 6) is 0.177. The van der Waals surface area contributed by atoms with E-state index in [1.807, 2.05) is 72.8 Å². The van der Waals surface area contributed by atoms with Gasteiger partial charge in [0.05, 0.1) is 35.6 Å². The lowest BCUT2D eigenvalue weighted by molar-refractivity contribution is -0.138. The molecule has 0 saturated carbocycles. The molecule has 0 spiro atoms. The van der Waals surface area contributed by atoms with Gasteiger partial charge in [0.25, 0.3) is 5.56 Å². The second kappa shape index (κ2) is 12.4. The lowest BCUT2D eigenvalue weighted by Crippen LogP contribution is -2.40. The third-order valence-electron chi connectivity index (χ3n) is 7.12. The number of methoxy groups -OCH3 is 1. The zero-order valence-electron chi connectivity index (χ0n) is 23.7. The first-order valence-electron chi connectivity index (χ1n) is 13.8. The van der Waals surface area contributed by atoms with Gasteiger partial charge in [0.2, 0.25) is 0 Å². The number of esters is 1. The van der Waals surface area contributed by atoms with Gasteiger partial charge in [-0.25, -0.2) is 9.79 Å². The fourth-order valence-corrected chi connectivity index (χ4v) is 6.06. The number of rotatable bonds is 9. The maximum atomic E-state index is 14.0. The molecule has 1 aliphatic heterocycles. The van der Waals surface area contributed by atoms with E-state index in [9.17, 15) is 9.59 Å². The van der Waals surface area contributed by atoms with E-state index in [1.165, 1.54) is 11.3 Å². The molecule has 0 N–H and O–H groups in total. The molecule has 1 aliphatic rings. The van der Waals surface area contributed by atoms with Crippen molar-refractivity contribution in [2.24, 2.45) is 4.99 Å². The van der Waals surface area contributed by atoms with Gasteiger partial charge in [-0.3, -0.25) is 9.36 Å². The molecule has 3 aromatic carbocycles. The van der Waals surface area contributed by atoms with Crippen LogP contribution < -0.4 is 24.5 Å². The molecule has 41 heavy (non-hydrogen) atoms. The molecule has 0 amide bonds. The third kappa shape index (κ3) is 5.60. The molecule has 0 saturated heterocycles. The van der Waals surface area contributed by atoms with Gasteiger partial charge < -0.3 is 14.4 Å². The molecule has 0 radical (unpaired) electrons. The number of hydrogen-bond acceptors (Lipinski definition) is 7. The molecule has 8 heteroatoms. The van der Waals surface area contributed by atoms with Crippen LogP contribution in [-0.4, -0.2) is 37.3 Å². The molecule has 0 bridgehead atoms. The van der Waals surface area contributed by atoms with Crippen LogP contribution in [0.3, 0.4) is 0 Å². The van der Waals surface area contributed by atoms with Crippen molar-refractivity contribution in [3.8, 4) is 5.75 Å². The van der Waals surface area contributed by atoms with Crippen molar-refractivity contribution in [3.05, 3.63) is 121 Å². The molecule has 7 nitrogen and oxygen atoms in total. The molecule has 0 aliphatic carbocycles. The van der Waals surface area contributed by atoms with E-state index in [2.05, 4.69) is 30.9 Å². The van der Waals surface area contributed by atoms with Crippen LogP contribution in [0.4, 0.5) is 5.69 Å². The summed E-state index contributed by atoms with van der Waals surface area (Å²) in [5, 5.41) is 0. The average molecular weight is 568 g/mol. The second-order valence-electron chi connectivity index (χ2n) is 9.47. The van der Waals surface area contributed by atoms with Crippen LogP contribution in [0.15, 0.2) is 94.2 Å². The standard InChI is InChI=1S/C33H33N3O4S/c1-5-35(6-2)25-17-13-22(14-18-25)21-27-31(37)36-30(24-15-19-26(39-4)20-16-24)28(32(38)40-7-3)29(34-33(36)41-27)23-11-9-8-10-12-23/h8-21,30H,5-7H2,1-4H3/b27-21-/t30-/m0/s1. The number of nitrogens with zero attached hydrogens (tertiary/aromatic N) is 3. The quantitative estimate of drug-likeness (QED) is 0.272. The van der Waals surface area contributed by atoms with Gasteiger partial charge in [-0.15, -0.1) is 0 Å². The SMILES string of the molecule is CCOC(=O)C1=C(c2ccccc2)N=c2s/c(=C\c3ccc(N(CC)CC)cc3)c(=O)n2[C@H]1c1ccc(OC)cc1. The summed E-state index contributed by atoms with van der Waals surface area (Å²) in [6.07, 6.45) is 1.89. The van der Waals surface area contributed by atoms with Crippen molar-refractivity contribution in [3.63, 3.8) is 0 Å². The van der Waals surface area contributed by atoms with E-state index in [1.54, 1.807) is 18.6 Å². The first-order valence-corrected chi connectivity index (χ1v) is 14.6. The largest absolute Gasteiger partial charge is 0.497 e. The predicted molar refractivity (Wildman–Crippen MR) is 164 cm³/mol. The fraction of sp³-hybridized carbons (Fsp3) is 0.242. The fourth-order valence-electron chi connectivity index (χ4n) is 5.06. The lowest BCUT2D eigenvalue weighted by Gasteiger charge is -2.26. The Bertz CT molecular complexity index is 1730. The van der Waals surface area contributed by atoms with Crippen LogP contribution in [0.5, 0.6) is 5.75 Å². The van der Waals surface area contributed by atoms with Crippen LogP contribution in [0, 0.1) is 0 Å². The second-order valence-corrected chi connectivity index (χ2v) is 10.5. The first-order chi connectivity index (χ1) is 20.0. The average Bonchev–Trinajstić information content (AvgIpc) is 3.32. The van der Waals surface area contributed by atoms with Gasteiger partial charge in [0.1, 0.15) is 5.75 Å². The number of thiazole rings is 1. The Morgan fingerprint density at radius 3 is 2.27 bits per heavy atom. The Morgan fingerprint density at radius 2 is 1.66 bits per heavy atom. The molecule has 0 fully saturated rings. The Labute approximate surface area is 243 Å². The molecule has 4 aromatic rings. The topological polar surface area (TPSA) is 73.1 Å². The summed E-state index contributed by atoms with van der Waals surface area (Å²) in [7, 11) is 1.60. The Morgan fingerprint density at radius 1 is 0.976 bits per heavy atom. The Hall–Kier alpha value is -4.43. The van der Waals surface area contributed by atoms with Crippen molar-refractivity contribution in [2.75, 3.05) is 31.7 Å². The summed E-state index contributed by atoms with van der Waals surface area (Å²) in [6, 6.07) is 24.4. The lowest BCUT2D eigenvalue weighted by atomic mass is 9.93. The summed E-state index contributed by atoms with van der Waals surface area (Å²) < 4.78 is 13.0. The minimum atomic E-state index is -0.724. The summed E-state index contributed by atoms with van der Waals surface area (Å²) >= 11 is 1.31. The minimum Gasteiger partial charge on any atom is -0.497 e. The summed E-state index contributed by atoms with van der Waals surface area (Å²) in [5.41, 5.74) is 4.20. The van der Waals surface area contributed by atoms with E-state index in [0.29, 0.717) is 26.4 Å². The molecular formula is C33H33N3O4S. The minimum absolute atomic E-state index is 0.202. The molecule has 210 valence electrons. The number of fused-ring (bicyclic) bond motifs is 1. The Kier molecular flexibility index (Phi) is 8.50. The number of ether oxygens (including phenoxy) is 2. The van der Waals surface area contributed by atoms with Gasteiger partial charge in [-0.2, -0.15) is 0 Å². The number of hydrogen-bond donors (Lipinski definition) is 0. The van der Waals surface area contributed by atoms with E-state index in [0.717, 1.165) is 35.5 Å². The highest BCUT2D eigenvalue weighted by Gasteiger charge is 2.35. The van der Waals surface area contributed by atoms with E-state index < -0.39 is 12.0 Å². The van der Waals surface area contributed by atoms with Crippen LogP contribution in [0.1, 0.15) is 43.5 Å². The highest BCUT2D eigenvalue weighted by atomic mass is 32.1. The number of benzene rings is 3. The zero-order valence-corrected chi connectivity index (χ0v) is 24.5. The van der Waals surface area contributed by atoms with Crippen molar-refractivity contribution in [2.45, 2.75) is 26.8 Å². The maximum Gasteiger partial charge on any atom is 0.338 e. The van der Waals surface area contributed by atoms with Gasteiger partial charge in [0.15, 0.2) is 4.80 Å². The molecular weight excluding hydrogens is 534 g/mol. The van der Waals surface area contributed by atoms with Crippen molar-refractivity contribution >= 4 is 34.8 Å². The number of carbonyl (C=O) groups is 1. The van der Waals surface area contributed by atoms with Gasteiger partial charge >= 0.3 is 5.97 Å². The van der Waals surface area contributed by atoms with Crippen LogP contribution in [0.25, 0.3) is 11.8 Å². The maximum absolute atomic E-state index is 14.0. The molecule has 1 aromatic heterocycles. The molecule has 1 atom stereocenters. The summed E-state index contributed by atoms with van der Waals surface area (Å²) in [6.45, 7) is 8.08. The molecule has 5 rings (SSSR count). The number of aromatic nitrogens is 1. The zero-order chi connectivity index (χ0) is 28.9. The van der Waals surface area contributed by atoms with Crippen molar-refractivity contribution < 1.29 is 14.3 Å². The smallest absolute Gasteiger partial charge is 0.338 e. The highest BCUT2D eigenvalue weighted by molar-refractivity contribution is 7.07. The van der Waals surface area contributed by atoms with Crippen LogP contribution in [-0.2, 0) is 9.53 Å². The molecule has 2 heterocycles. The number of carbonyl (C=O) groups excluding carboxylic acids is 1. The molecule has 0 unspecified atom stereocenters. The van der Waals surface area contributed by atoms with E-state index >= 15 is 0 Å². The monoisotopic (exact) mass is 567 g/mol. The van der Waals surface area contributed by atoms with Crippen LogP contribution >= 0.6 is 11.3 Å². The normalized spacial score (nSPS) is 14.8. The van der Waals surface area contributed by atoms with E-state index in [4.69, 9.17) is 14.5 Å². The third-order valence-corrected chi connectivity index (χ3v) is 8.11. The first kappa shape index (κ1) is 28.1. The number of anilines is 1. The van der Waals surface area contributed by atoms with Gasteiger partial charge in [-0.1, -0.05) is 65.9 Å². The van der Waals surface area contributed by atoms with Crippen LogP contribution in [0.2, 0.25) is 0 Å². The van der Waals surface area contributed by atoms with Crippen molar-refractivity contribution in [1.29, 1.82) is 0 Å². The Balaban J connectivity index is 1.73. The van der Waals surface area contributed by atoms with E-state index in [-0.39, 0.29) is 12.2 Å².